The van der Waals surface area contributed by atoms with Crippen LogP contribution in [0.5, 0.6) is 0 Å². The van der Waals surface area contributed by atoms with Crippen molar-refractivity contribution in [2.45, 2.75) is 18.3 Å². The van der Waals surface area contributed by atoms with Gasteiger partial charge in [-0.15, -0.1) is 0 Å². The Morgan fingerprint density at radius 3 is 1.48 bits per heavy atom. The van der Waals surface area contributed by atoms with Crippen LogP contribution < -0.4 is 0 Å². The minimum Gasteiger partial charge on any atom is -0.388 e. The van der Waals surface area contributed by atoms with Gasteiger partial charge in [0.1, 0.15) is 24.9 Å². The van der Waals surface area contributed by atoms with Crippen molar-refractivity contribution in [3.63, 3.8) is 0 Å². The molecule has 0 fully saturated rings. The lowest BCUT2D eigenvalue weighted by atomic mass is 10.1. The molecule has 0 radical (unpaired) electrons. The van der Waals surface area contributed by atoms with Gasteiger partial charge in [-0.3, -0.25) is 9.32 Å². The van der Waals surface area contributed by atoms with Gasteiger partial charge in [0.2, 0.25) is 0 Å². The Balaban J connectivity index is 0. The second kappa shape index (κ2) is 10.9. The topological polar surface area (TPSA) is 289 Å². The van der Waals surface area contributed by atoms with Crippen LogP contribution in [0, 0.1) is 0 Å². The number of hydrogen-bond acceptors (Lipinski definition) is 10. The Morgan fingerprint density at radius 2 is 1.24 bits per heavy atom. The molecule has 0 bridgehead atoms. The Labute approximate surface area is 139 Å². The second-order valence-corrected chi connectivity index (χ2v) is 7.83. The third-order valence-corrected chi connectivity index (χ3v) is 4.02. The van der Waals surface area contributed by atoms with E-state index in [4.69, 9.17) is 49.8 Å². The molecule has 0 aliphatic carbocycles. The predicted octanol–water partition coefficient (Wildman–Crippen LogP) is -4.07. The fraction of sp³-hybridized carbons (Fsp3) is 0.833. The Hall–Kier alpha value is -0.120. The van der Waals surface area contributed by atoms with Crippen LogP contribution in [0.2, 0.25) is 0 Å². The van der Waals surface area contributed by atoms with Crippen LogP contribution in [0.4, 0.5) is 0 Å². The average Bonchev–Trinajstić information content (AvgIpc) is 2.37. The molecular weight excluding hydrogens is 421 g/mol. The molecule has 3 unspecified atom stereocenters. The van der Waals surface area contributed by atoms with E-state index in [0.717, 1.165) is 0 Å². The number of ketones is 1. The number of aliphatic hydroxyl groups excluding tert-OH is 4. The summed E-state index contributed by atoms with van der Waals surface area (Å²) in [7, 11) is -14.9. The molecule has 0 aromatic rings. The largest absolute Gasteiger partial charge is 0.478 e. The quantitative estimate of drug-likeness (QED) is 0.153. The fourth-order valence-corrected chi connectivity index (χ4v) is 2.36. The van der Waals surface area contributed by atoms with E-state index in [9.17, 15) is 18.5 Å². The molecule has 10 N–H and O–H groups in total. The van der Waals surface area contributed by atoms with Gasteiger partial charge in [-0.25, -0.2) is 13.7 Å². The molecule has 0 aromatic heterocycles. The summed E-state index contributed by atoms with van der Waals surface area (Å²) in [5.41, 5.74) is 0. The van der Waals surface area contributed by atoms with Crippen molar-refractivity contribution in [1.82, 2.24) is 0 Å². The smallest absolute Gasteiger partial charge is 0.388 e. The van der Waals surface area contributed by atoms with E-state index in [1.807, 2.05) is 0 Å². The van der Waals surface area contributed by atoms with E-state index in [0.29, 0.717) is 0 Å². The lowest BCUT2D eigenvalue weighted by Gasteiger charge is -2.21. The number of Topliss-reactive ketones (excluding diaryl/α,β-unsaturated/α-hetero) is 1. The van der Waals surface area contributed by atoms with Crippen molar-refractivity contribution in [3.05, 3.63) is 0 Å². The maximum Gasteiger partial charge on any atom is 0.478 e. The Bertz CT molecular complexity index is 522. The van der Waals surface area contributed by atoms with Gasteiger partial charge in [-0.2, -0.15) is 4.31 Å². The van der Waals surface area contributed by atoms with Crippen LogP contribution in [0.1, 0.15) is 0 Å². The third-order valence-electron chi connectivity index (χ3n) is 1.83. The Morgan fingerprint density at radius 1 is 0.840 bits per heavy atom. The highest BCUT2D eigenvalue weighted by Crippen LogP contribution is 2.53. The van der Waals surface area contributed by atoms with E-state index in [1.165, 1.54) is 0 Å². The zero-order chi connectivity index (χ0) is 20.6. The summed E-state index contributed by atoms with van der Waals surface area (Å²) >= 11 is 0. The molecule has 0 heterocycles. The lowest BCUT2D eigenvalue weighted by molar-refractivity contribution is -0.142. The zero-order valence-corrected chi connectivity index (χ0v) is 14.6. The molecule has 19 heteroatoms. The Kier molecular flexibility index (Phi) is 11.8. The molecule has 0 rings (SSSR count). The number of carbonyl (C=O) groups excluding carboxylic acids is 1. The number of aliphatic hydroxyl groups is 4. The number of phosphoric acid groups is 3. The van der Waals surface area contributed by atoms with E-state index >= 15 is 0 Å². The minimum atomic E-state index is -5.05. The third kappa shape index (κ3) is 17.1. The maximum absolute atomic E-state index is 10.7. The summed E-state index contributed by atoms with van der Waals surface area (Å²) in [6.07, 6.45) is -5.94. The van der Waals surface area contributed by atoms with Crippen LogP contribution in [0.15, 0.2) is 0 Å². The van der Waals surface area contributed by atoms with Crippen molar-refractivity contribution >= 4 is 29.3 Å². The van der Waals surface area contributed by atoms with Crippen LogP contribution >= 0.6 is 23.5 Å². The van der Waals surface area contributed by atoms with E-state index in [1.54, 1.807) is 0 Å². The molecule has 0 aliphatic heterocycles. The van der Waals surface area contributed by atoms with Crippen LogP contribution in [-0.2, 0) is 27.3 Å². The molecule has 0 amide bonds. The van der Waals surface area contributed by atoms with Crippen molar-refractivity contribution in [1.29, 1.82) is 0 Å². The number of hydrogen-bond donors (Lipinski definition) is 10. The van der Waals surface area contributed by atoms with Gasteiger partial charge in [0.25, 0.3) is 0 Å². The molecule has 0 aliphatic rings. The summed E-state index contributed by atoms with van der Waals surface area (Å²) in [6.45, 7) is -2.01. The lowest BCUT2D eigenvalue weighted by Crippen LogP contribution is -2.45. The first-order chi connectivity index (χ1) is 10.9. The highest BCUT2D eigenvalue weighted by atomic mass is 31.3. The van der Waals surface area contributed by atoms with Crippen LogP contribution in [-0.4, -0.2) is 87.1 Å². The highest BCUT2D eigenvalue weighted by molar-refractivity contribution is 7.60. The number of phosphoric ester groups is 1. The average molecular weight is 438 g/mol. The predicted molar refractivity (Wildman–Crippen MR) is 73.3 cm³/mol. The summed E-state index contributed by atoms with van der Waals surface area (Å²) in [4.78, 5) is 58.2. The van der Waals surface area contributed by atoms with Crippen molar-refractivity contribution in [2.24, 2.45) is 0 Å². The first-order valence-electron chi connectivity index (χ1n) is 5.60. The van der Waals surface area contributed by atoms with Crippen molar-refractivity contribution in [3.8, 4) is 0 Å². The van der Waals surface area contributed by atoms with Gasteiger partial charge in [0.15, 0.2) is 5.78 Å². The molecule has 3 atom stereocenters. The normalized spacial score (nSPS) is 16.4. The van der Waals surface area contributed by atoms with Crippen molar-refractivity contribution < 1.29 is 77.1 Å². The van der Waals surface area contributed by atoms with Gasteiger partial charge >= 0.3 is 23.5 Å². The number of carbonyl (C=O) groups is 1. The summed E-state index contributed by atoms with van der Waals surface area (Å²) < 4.78 is 36.3. The van der Waals surface area contributed by atoms with E-state index in [2.05, 4.69) is 8.83 Å². The highest BCUT2D eigenvalue weighted by Gasteiger charge is 2.31. The zero-order valence-electron chi connectivity index (χ0n) is 11.9. The number of rotatable bonds is 9. The molecule has 0 saturated carbocycles. The summed E-state index contributed by atoms with van der Waals surface area (Å²) in [6, 6.07) is 0. The SMILES string of the molecule is O=C(CO)C(O)C(O)C(O)COP(=O)(O)O.O=P(O)(O)OP(=O)(O)O. The monoisotopic (exact) mass is 438 g/mol. The second-order valence-electron chi connectivity index (χ2n) is 3.98. The summed E-state index contributed by atoms with van der Waals surface area (Å²) in [5, 5.41) is 35.6. The molecule has 0 saturated heterocycles. The van der Waals surface area contributed by atoms with Gasteiger partial charge in [0, 0.05) is 0 Å². The summed E-state index contributed by atoms with van der Waals surface area (Å²) in [5.74, 6) is -1.14. The molecule has 0 spiro atoms. The van der Waals surface area contributed by atoms with Gasteiger partial charge in [0.05, 0.1) is 6.61 Å². The minimum absolute atomic E-state index is 0.971. The van der Waals surface area contributed by atoms with Crippen LogP contribution in [0.3, 0.4) is 0 Å². The van der Waals surface area contributed by atoms with Gasteiger partial charge in [-0.05, 0) is 0 Å². The molecule has 25 heavy (non-hydrogen) atoms. The first-order valence-corrected chi connectivity index (χ1v) is 10.2. The standard InChI is InChI=1S/C6H13O9P.H4O7P2/c7-1-3(8)5(10)6(11)4(9)2-15-16(12,13)14;1-8(2,3)7-9(4,5)6/h4-7,9-11H,1-2H2,(H2,12,13,14);(H2,1,2,3)(H2,4,5,6). The van der Waals surface area contributed by atoms with Gasteiger partial charge < -0.3 is 49.8 Å². The molecule has 0 aromatic carbocycles. The molecule has 16 nitrogen and oxygen atoms in total. The van der Waals surface area contributed by atoms with E-state index in [-0.39, 0.29) is 0 Å². The van der Waals surface area contributed by atoms with Gasteiger partial charge in [-0.1, -0.05) is 0 Å². The molecule has 152 valence electrons. The maximum atomic E-state index is 10.7. The fourth-order valence-electron chi connectivity index (χ4n) is 0.905. The molecular formula is C6H17O16P3. The van der Waals surface area contributed by atoms with Crippen LogP contribution in [0.25, 0.3) is 0 Å². The van der Waals surface area contributed by atoms with E-state index < -0.39 is 60.8 Å². The first kappa shape index (κ1) is 27.1. The van der Waals surface area contributed by atoms with Crippen molar-refractivity contribution in [2.75, 3.05) is 13.2 Å².